The Hall–Kier alpha value is -1.06. The van der Waals surface area contributed by atoms with E-state index >= 15 is 0 Å². The molecule has 0 saturated heterocycles. The second-order valence-corrected chi connectivity index (χ2v) is 6.36. The van der Waals surface area contributed by atoms with Crippen molar-refractivity contribution in [3.8, 4) is 0 Å². The highest BCUT2D eigenvalue weighted by atomic mass is 16.4. The van der Waals surface area contributed by atoms with Gasteiger partial charge in [0, 0.05) is 18.9 Å². The Morgan fingerprint density at radius 1 is 1.05 bits per heavy atom. The van der Waals surface area contributed by atoms with Crippen molar-refractivity contribution < 1.29 is 14.7 Å². The van der Waals surface area contributed by atoms with Crippen molar-refractivity contribution in [2.45, 2.75) is 77.6 Å². The Labute approximate surface area is 128 Å². The monoisotopic (exact) mass is 297 g/mol. The number of hydrogen-bond acceptors (Lipinski definition) is 2. The Morgan fingerprint density at radius 3 is 2.38 bits per heavy atom. The molecule has 0 bridgehead atoms. The van der Waals surface area contributed by atoms with Crippen LogP contribution in [-0.4, -0.2) is 23.5 Å². The number of carboxylic acids is 1. The van der Waals surface area contributed by atoms with Gasteiger partial charge in [-0.1, -0.05) is 32.6 Å². The molecule has 1 fully saturated rings. The predicted octanol–water partition coefficient (Wildman–Crippen LogP) is 3.74. The van der Waals surface area contributed by atoms with Crippen LogP contribution in [0.15, 0.2) is 0 Å². The molecule has 1 rings (SSSR count). The number of carbonyl (C=O) groups is 2. The van der Waals surface area contributed by atoms with Gasteiger partial charge in [0.05, 0.1) is 0 Å². The quantitative estimate of drug-likeness (QED) is 0.604. The molecule has 0 unspecified atom stereocenters. The molecule has 0 spiro atoms. The van der Waals surface area contributed by atoms with Crippen LogP contribution in [0.25, 0.3) is 0 Å². The summed E-state index contributed by atoms with van der Waals surface area (Å²) < 4.78 is 0. The first-order valence-electron chi connectivity index (χ1n) is 8.63. The second kappa shape index (κ2) is 10.6. The fraction of sp³-hybridized carbons (Fsp3) is 0.882. The maximum atomic E-state index is 12.1. The van der Waals surface area contributed by atoms with Gasteiger partial charge in [0.1, 0.15) is 0 Å². The van der Waals surface area contributed by atoms with Gasteiger partial charge in [-0.25, -0.2) is 0 Å². The second-order valence-electron chi connectivity index (χ2n) is 6.36. The lowest BCUT2D eigenvalue weighted by atomic mass is 9.79. The van der Waals surface area contributed by atoms with E-state index in [1.54, 1.807) is 0 Å². The molecule has 0 radical (unpaired) electrons. The van der Waals surface area contributed by atoms with Crippen LogP contribution in [0.4, 0.5) is 0 Å². The minimum Gasteiger partial charge on any atom is -0.481 e. The maximum Gasteiger partial charge on any atom is 0.303 e. The topological polar surface area (TPSA) is 66.4 Å². The molecule has 0 aromatic rings. The Morgan fingerprint density at radius 2 is 1.76 bits per heavy atom. The van der Waals surface area contributed by atoms with Crippen LogP contribution in [0.2, 0.25) is 0 Å². The fourth-order valence-corrected chi connectivity index (χ4v) is 3.14. The Balaban J connectivity index is 2.04. The first-order chi connectivity index (χ1) is 10.1. The van der Waals surface area contributed by atoms with E-state index in [-0.39, 0.29) is 18.2 Å². The normalized spacial score (nSPS) is 22.0. The SMILES string of the molecule is CCCCC1CCC(C(=O)NCCCCCC(=O)O)CC1. The van der Waals surface area contributed by atoms with Gasteiger partial charge in [0.15, 0.2) is 0 Å². The van der Waals surface area contributed by atoms with Crippen LogP contribution < -0.4 is 5.32 Å². The molecule has 0 aromatic heterocycles. The third-order valence-electron chi connectivity index (χ3n) is 4.55. The lowest BCUT2D eigenvalue weighted by Crippen LogP contribution is -2.33. The molecule has 1 aliphatic carbocycles. The molecule has 0 aromatic carbocycles. The number of carbonyl (C=O) groups excluding carboxylic acids is 1. The molecule has 0 atom stereocenters. The van der Waals surface area contributed by atoms with Crippen LogP contribution in [-0.2, 0) is 9.59 Å². The predicted molar refractivity (Wildman–Crippen MR) is 84.1 cm³/mol. The number of rotatable bonds is 10. The van der Waals surface area contributed by atoms with E-state index in [2.05, 4.69) is 12.2 Å². The Bertz CT molecular complexity index is 309. The molecule has 122 valence electrons. The molecule has 4 nitrogen and oxygen atoms in total. The van der Waals surface area contributed by atoms with Crippen molar-refractivity contribution in [3.05, 3.63) is 0 Å². The van der Waals surface area contributed by atoms with Crippen molar-refractivity contribution in [3.63, 3.8) is 0 Å². The highest BCUT2D eigenvalue weighted by Gasteiger charge is 2.25. The van der Waals surface area contributed by atoms with E-state index in [0.717, 1.165) is 31.6 Å². The number of carboxylic acid groups (broad SMARTS) is 1. The fourth-order valence-electron chi connectivity index (χ4n) is 3.14. The summed E-state index contributed by atoms with van der Waals surface area (Å²) in [7, 11) is 0. The molecule has 21 heavy (non-hydrogen) atoms. The highest BCUT2D eigenvalue weighted by Crippen LogP contribution is 2.31. The average molecular weight is 297 g/mol. The van der Waals surface area contributed by atoms with Crippen LogP contribution >= 0.6 is 0 Å². The van der Waals surface area contributed by atoms with E-state index in [1.165, 1.54) is 32.1 Å². The van der Waals surface area contributed by atoms with E-state index in [1.807, 2.05) is 0 Å². The smallest absolute Gasteiger partial charge is 0.303 e. The number of unbranched alkanes of at least 4 members (excludes halogenated alkanes) is 3. The van der Waals surface area contributed by atoms with E-state index in [4.69, 9.17) is 5.11 Å². The molecule has 1 saturated carbocycles. The summed E-state index contributed by atoms with van der Waals surface area (Å²) in [5.74, 6) is 0.521. The summed E-state index contributed by atoms with van der Waals surface area (Å²) in [6, 6.07) is 0. The van der Waals surface area contributed by atoms with Crippen molar-refractivity contribution in [2.24, 2.45) is 11.8 Å². The van der Waals surface area contributed by atoms with E-state index in [0.29, 0.717) is 13.0 Å². The number of hydrogen-bond donors (Lipinski definition) is 2. The summed E-state index contributed by atoms with van der Waals surface area (Å²) in [5.41, 5.74) is 0. The largest absolute Gasteiger partial charge is 0.481 e. The van der Waals surface area contributed by atoms with Crippen LogP contribution in [0.5, 0.6) is 0 Å². The molecular weight excluding hydrogens is 266 g/mol. The van der Waals surface area contributed by atoms with Crippen molar-refractivity contribution in [2.75, 3.05) is 6.54 Å². The minimum absolute atomic E-state index is 0.210. The van der Waals surface area contributed by atoms with Crippen molar-refractivity contribution >= 4 is 11.9 Å². The van der Waals surface area contributed by atoms with E-state index < -0.39 is 5.97 Å². The summed E-state index contributed by atoms with van der Waals surface area (Å²) in [6.45, 7) is 2.92. The summed E-state index contributed by atoms with van der Waals surface area (Å²) in [4.78, 5) is 22.4. The van der Waals surface area contributed by atoms with Crippen LogP contribution in [0.1, 0.15) is 77.6 Å². The average Bonchev–Trinajstić information content (AvgIpc) is 2.48. The van der Waals surface area contributed by atoms with Crippen molar-refractivity contribution in [1.82, 2.24) is 5.32 Å². The van der Waals surface area contributed by atoms with Gasteiger partial charge in [-0.2, -0.15) is 0 Å². The molecule has 0 heterocycles. The van der Waals surface area contributed by atoms with E-state index in [9.17, 15) is 9.59 Å². The summed E-state index contributed by atoms with van der Waals surface area (Å²) in [6.07, 6.45) is 11.1. The summed E-state index contributed by atoms with van der Waals surface area (Å²) >= 11 is 0. The van der Waals surface area contributed by atoms with Crippen LogP contribution in [0, 0.1) is 11.8 Å². The van der Waals surface area contributed by atoms with Gasteiger partial charge < -0.3 is 10.4 Å². The lowest BCUT2D eigenvalue weighted by Gasteiger charge is -2.27. The van der Waals surface area contributed by atoms with Gasteiger partial charge in [-0.15, -0.1) is 0 Å². The molecular formula is C17H31NO3. The third kappa shape index (κ3) is 8.08. The highest BCUT2D eigenvalue weighted by molar-refractivity contribution is 5.78. The van der Waals surface area contributed by atoms with Crippen molar-refractivity contribution in [1.29, 1.82) is 0 Å². The number of nitrogens with one attached hydrogen (secondary N) is 1. The summed E-state index contributed by atoms with van der Waals surface area (Å²) in [5, 5.41) is 11.5. The Kier molecular flexibility index (Phi) is 9.11. The zero-order valence-electron chi connectivity index (χ0n) is 13.4. The third-order valence-corrected chi connectivity index (χ3v) is 4.55. The van der Waals surface area contributed by atoms with Gasteiger partial charge in [-0.3, -0.25) is 9.59 Å². The number of amides is 1. The minimum atomic E-state index is -0.737. The maximum absolute atomic E-state index is 12.1. The van der Waals surface area contributed by atoms with Gasteiger partial charge >= 0.3 is 5.97 Å². The van der Waals surface area contributed by atoms with Gasteiger partial charge in [0.25, 0.3) is 0 Å². The number of aliphatic carboxylic acids is 1. The molecule has 2 N–H and O–H groups in total. The molecule has 1 amide bonds. The van der Waals surface area contributed by atoms with Gasteiger partial charge in [0.2, 0.25) is 5.91 Å². The zero-order valence-corrected chi connectivity index (χ0v) is 13.4. The molecule has 1 aliphatic rings. The van der Waals surface area contributed by atoms with Crippen LogP contribution in [0.3, 0.4) is 0 Å². The standard InChI is InChI=1S/C17H31NO3/c1-2-3-7-14-9-11-15(12-10-14)17(21)18-13-6-4-5-8-16(19)20/h14-15H,2-13H2,1H3,(H,18,21)(H,19,20). The molecule has 0 aliphatic heterocycles. The van der Waals surface area contributed by atoms with Gasteiger partial charge in [-0.05, 0) is 44.4 Å². The lowest BCUT2D eigenvalue weighted by molar-refractivity contribution is -0.137. The molecule has 4 heteroatoms. The first kappa shape index (κ1) is 18.0. The zero-order chi connectivity index (χ0) is 15.5. The first-order valence-corrected chi connectivity index (χ1v) is 8.63.